The zero-order valence-electron chi connectivity index (χ0n) is 6.13. The fourth-order valence-corrected chi connectivity index (χ4v) is 1.68. The minimum atomic E-state index is 0.914. The second kappa shape index (κ2) is 2.62. The van der Waals surface area contributed by atoms with Gasteiger partial charge < -0.3 is 4.42 Å². The van der Waals surface area contributed by atoms with E-state index in [2.05, 4.69) is 18.6 Å². The highest BCUT2D eigenvalue weighted by Gasteiger charge is 2.00. The van der Waals surface area contributed by atoms with E-state index in [1.54, 1.807) is 11.8 Å². The summed E-state index contributed by atoms with van der Waals surface area (Å²) in [6.07, 6.45) is 4.78. The first kappa shape index (κ1) is 6.80. The lowest BCUT2D eigenvalue weighted by atomic mass is 10.3. The Morgan fingerprint density at radius 3 is 3.18 bits per heavy atom. The predicted molar refractivity (Wildman–Crippen MR) is 46.8 cm³/mol. The molecule has 0 N–H and O–H groups in total. The van der Waals surface area contributed by atoms with Crippen molar-refractivity contribution < 1.29 is 4.42 Å². The molecule has 2 heteroatoms. The van der Waals surface area contributed by atoms with Crippen molar-refractivity contribution in [2.24, 2.45) is 0 Å². The first-order valence-corrected chi connectivity index (χ1v) is 4.57. The molecular formula is C9H7OS. The molecule has 0 unspecified atom stereocenters. The van der Waals surface area contributed by atoms with Crippen molar-refractivity contribution in [2.75, 3.05) is 6.26 Å². The third kappa shape index (κ3) is 1.03. The van der Waals surface area contributed by atoms with E-state index < -0.39 is 0 Å². The minimum absolute atomic E-state index is 0.914. The van der Waals surface area contributed by atoms with E-state index in [4.69, 9.17) is 4.42 Å². The van der Waals surface area contributed by atoms with Gasteiger partial charge in [-0.05, 0) is 24.5 Å². The van der Waals surface area contributed by atoms with Crippen molar-refractivity contribution in [3.8, 4) is 0 Å². The van der Waals surface area contributed by atoms with Gasteiger partial charge in [0, 0.05) is 10.3 Å². The quantitative estimate of drug-likeness (QED) is 0.599. The summed E-state index contributed by atoms with van der Waals surface area (Å²) >= 11 is 1.72. The fraction of sp³-hybridized carbons (Fsp3) is 0.111. The SMILES string of the molecule is CSc1cccc2o[c]cc12. The molecule has 1 nitrogen and oxygen atoms in total. The molecule has 11 heavy (non-hydrogen) atoms. The summed E-state index contributed by atoms with van der Waals surface area (Å²) in [5, 5.41) is 1.15. The number of fused-ring (bicyclic) bond motifs is 1. The molecule has 1 radical (unpaired) electrons. The van der Waals surface area contributed by atoms with Gasteiger partial charge in [0.05, 0.1) is 0 Å². The Bertz CT molecular complexity index is 364. The van der Waals surface area contributed by atoms with Crippen molar-refractivity contribution in [3.63, 3.8) is 0 Å². The Balaban J connectivity index is 2.79. The second-order valence-electron chi connectivity index (χ2n) is 2.24. The maximum Gasteiger partial charge on any atom is 0.170 e. The first-order chi connectivity index (χ1) is 5.42. The maximum atomic E-state index is 5.12. The molecular weight excluding hydrogens is 156 g/mol. The summed E-state index contributed by atoms with van der Waals surface area (Å²) in [6, 6.07) is 7.90. The monoisotopic (exact) mass is 163 g/mol. The molecule has 0 fully saturated rings. The zero-order chi connectivity index (χ0) is 7.68. The number of hydrogen-bond donors (Lipinski definition) is 0. The van der Waals surface area contributed by atoms with Crippen LogP contribution in [0.2, 0.25) is 0 Å². The standard InChI is InChI=1S/C9H7OS/c1-11-9-4-2-3-8-7(9)5-6-10-8/h2-5H,1H3. The summed E-state index contributed by atoms with van der Waals surface area (Å²) in [6.45, 7) is 0. The van der Waals surface area contributed by atoms with Crippen LogP contribution >= 0.6 is 11.8 Å². The number of rotatable bonds is 1. The largest absolute Gasteiger partial charge is 0.453 e. The normalized spacial score (nSPS) is 10.6. The van der Waals surface area contributed by atoms with Crippen molar-refractivity contribution >= 4 is 22.7 Å². The molecule has 1 aromatic heterocycles. The molecule has 1 heterocycles. The van der Waals surface area contributed by atoms with Crippen LogP contribution < -0.4 is 0 Å². The topological polar surface area (TPSA) is 13.1 Å². The van der Waals surface area contributed by atoms with E-state index >= 15 is 0 Å². The number of benzene rings is 1. The molecule has 55 valence electrons. The Hall–Kier alpha value is -0.890. The van der Waals surface area contributed by atoms with Crippen LogP contribution in [0.15, 0.2) is 33.6 Å². The van der Waals surface area contributed by atoms with E-state index in [-0.39, 0.29) is 0 Å². The van der Waals surface area contributed by atoms with Gasteiger partial charge in [-0.25, -0.2) is 0 Å². The smallest absolute Gasteiger partial charge is 0.170 e. The Kier molecular flexibility index (Phi) is 1.62. The Morgan fingerprint density at radius 2 is 2.36 bits per heavy atom. The van der Waals surface area contributed by atoms with Crippen LogP contribution in [0.25, 0.3) is 11.0 Å². The third-order valence-electron chi connectivity index (χ3n) is 1.62. The van der Waals surface area contributed by atoms with E-state index in [0.29, 0.717) is 0 Å². The molecule has 2 rings (SSSR count). The molecule has 0 spiro atoms. The van der Waals surface area contributed by atoms with Crippen LogP contribution in [0.4, 0.5) is 0 Å². The molecule has 0 amide bonds. The molecule has 0 aliphatic rings. The van der Waals surface area contributed by atoms with Gasteiger partial charge >= 0.3 is 0 Å². The highest BCUT2D eigenvalue weighted by atomic mass is 32.2. The van der Waals surface area contributed by atoms with E-state index in [0.717, 1.165) is 11.0 Å². The van der Waals surface area contributed by atoms with Gasteiger partial charge in [0.2, 0.25) is 0 Å². The van der Waals surface area contributed by atoms with Gasteiger partial charge in [0.25, 0.3) is 0 Å². The van der Waals surface area contributed by atoms with Gasteiger partial charge in [-0.15, -0.1) is 11.8 Å². The fourth-order valence-electron chi connectivity index (χ4n) is 1.09. The van der Waals surface area contributed by atoms with Crippen LogP contribution in [0.3, 0.4) is 0 Å². The minimum Gasteiger partial charge on any atom is -0.453 e. The Morgan fingerprint density at radius 1 is 1.45 bits per heavy atom. The summed E-state index contributed by atoms with van der Waals surface area (Å²) in [5.74, 6) is 0. The summed E-state index contributed by atoms with van der Waals surface area (Å²) < 4.78 is 5.12. The van der Waals surface area contributed by atoms with Crippen LogP contribution in [0.1, 0.15) is 0 Å². The van der Waals surface area contributed by atoms with Crippen molar-refractivity contribution in [2.45, 2.75) is 4.90 Å². The zero-order valence-corrected chi connectivity index (χ0v) is 6.94. The number of hydrogen-bond acceptors (Lipinski definition) is 2. The van der Waals surface area contributed by atoms with Crippen molar-refractivity contribution in [1.82, 2.24) is 0 Å². The van der Waals surface area contributed by atoms with E-state index in [1.165, 1.54) is 4.90 Å². The van der Waals surface area contributed by atoms with E-state index in [1.807, 2.05) is 18.2 Å². The molecule has 0 bridgehead atoms. The molecule has 0 saturated carbocycles. The summed E-state index contributed by atoms with van der Waals surface area (Å²) in [7, 11) is 0. The molecule has 0 atom stereocenters. The molecule has 2 aromatic rings. The van der Waals surface area contributed by atoms with Gasteiger partial charge in [-0.1, -0.05) is 6.07 Å². The van der Waals surface area contributed by atoms with Crippen LogP contribution in [0.5, 0.6) is 0 Å². The highest BCUT2D eigenvalue weighted by Crippen LogP contribution is 2.26. The van der Waals surface area contributed by atoms with Gasteiger partial charge in [0.15, 0.2) is 6.26 Å². The van der Waals surface area contributed by atoms with Crippen molar-refractivity contribution in [3.05, 3.63) is 30.5 Å². The van der Waals surface area contributed by atoms with E-state index in [9.17, 15) is 0 Å². The Labute approximate surface area is 69.4 Å². The molecule has 0 aliphatic carbocycles. The molecule has 0 aliphatic heterocycles. The maximum absolute atomic E-state index is 5.12. The predicted octanol–water partition coefficient (Wildman–Crippen LogP) is 2.95. The summed E-state index contributed by atoms with van der Waals surface area (Å²) in [4.78, 5) is 1.24. The van der Waals surface area contributed by atoms with Gasteiger partial charge in [-0.2, -0.15) is 0 Å². The van der Waals surface area contributed by atoms with Crippen LogP contribution in [-0.2, 0) is 0 Å². The first-order valence-electron chi connectivity index (χ1n) is 3.34. The van der Waals surface area contributed by atoms with Crippen molar-refractivity contribution in [1.29, 1.82) is 0 Å². The average molecular weight is 163 g/mol. The highest BCUT2D eigenvalue weighted by molar-refractivity contribution is 7.98. The number of furan rings is 1. The summed E-state index contributed by atoms with van der Waals surface area (Å²) in [5.41, 5.74) is 0.914. The lowest BCUT2D eigenvalue weighted by Crippen LogP contribution is -1.69. The van der Waals surface area contributed by atoms with Gasteiger partial charge in [0.1, 0.15) is 5.58 Å². The van der Waals surface area contributed by atoms with Crippen LogP contribution in [0, 0.1) is 6.26 Å². The second-order valence-corrected chi connectivity index (χ2v) is 3.08. The molecule has 0 saturated heterocycles. The van der Waals surface area contributed by atoms with Gasteiger partial charge in [-0.3, -0.25) is 0 Å². The lowest BCUT2D eigenvalue weighted by molar-refractivity contribution is 0.606. The van der Waals surface area contributed by atoms with Crippen LogP contribution in [-0.4, -0.2) is 6.26 Å². The molecule has 1 aromatic carbocycles. The third-order valence-corrected chi connectivity index (χ3v) is 2.41. The average Bonchev–Trinajstić information content (AvgIpc) is 2.50. The number of thioether (sulfide) groups is 1. The lowest BCUT2D eigenvalue weighted by Gasteiger charge is -1.94.